The Labute approximate surface area is 193 Å². The maximum Gasteiger partial charge on any atom is 0.321 e. The van der Waals surface area contributed by atoms with Crippen LogP contribution in [0.4, 0.5) is 0 Å². The second-order valence-corrected chi connectivity index (χ2v) is 9.24. The molecule has 3 aromatic rings. The van der Waals surface area contributed by atoms with Crippen molar-refractivity contribution in [1.82, 2.24) is 10.0 Å². The molecule has 0 aromatic heterocycles. The van der Waals surface area contributed by atoms with Crippen LogP contribution >= 0.6 is 0 Å². The normalized spacial score (nSPS) is 12.1. The molecule has 0 aliphatic heterocycles. The van der Waals surface area contributed by atoms with Crippen LogP contribution in [0.15, 0.2) is 89.8 Å². The van der Waals surface area contributed by atoms with Gasteiger partial charge in [-0.05, 0) is 41.7 Å². The molecule has 0 heterocycles. The summed E-state index contributed by atoms with van der Waals surface area (Å²) >= 11 is 0. The molecular formula is C25H26N2O5S. The van der Waals surface area contributed by atoms with Crippen molar-refractivity contribution in [1.29, 1.82) is 0 Å². The molecule has 33 heavy (non-hydrogen) atoms. The van der Waals surface area contributed by atoms with E-state index in [1.165, 1.54) is 12.1 Å². The quantitative estimate of drug-likeness (QED) is 0.402. The summed E-state index contributed by atoms with van der Waals surface area (Å²) in [5, 5.41) is 12.2. The fraction of sp³-hybridized carbons (Fsp3) is 0.200. The first-order valence-electron chi connectivity index (χ1n) is 10.6. The summed E-state index contributed by atoms with van der Waals surface area (Å²) in [4.78, 5) is 23.6. The van der Waals surface area contributed by atoms with Gasteiger partial charge >= 0.3 is 5.97 Å². The Morgan fingerprint density at radius 2 is 1.39 bits per heavy atom. The van der Waals surface area contributed by atoms with Crippen LogP contribution in [0.2, 0.25) is 0 Å². The van der Waals surface area contributed by atoms with E-state index in [2.05, 4.69) is 10.0 Å². The predicted octanol–water partition coefficient (Wildman–Crippen LogP) is 3.22. The van der Waals surface area contributed by atoms with Crippen LogP contribution in [0.3, 0.4) is 0 Å². The van der Waals surface area contributed by atoms with Crippen molar-refractivity contribution in [2.75, 3.05) is 6.54 Å². The molecule has 0 fully saturated rings. The average Bonchev–Trinajstić information content (AvgIpc) is 2.83. The number of carboxylic acids is 1. The second kappa shape index (κ2) is 11.4. The van der Waals surface area contributed by atoms with E-state index < -0.39 is 22.0 Å². The zero-order chi connectivity index (χ0) is 23.7. The van der Waals surface area contributed by atoms with E-state index >= 15 is 0 Å². The molecule has 3 N–H and O–H groups in total. The molecule has 0 unspecified atom stereocenters. The van der Waals surface area contributed by atoms with Gasteiger partial charge in [-0.2, -0.15) is 4.72 Å². The lowest BCUT2D eigenvalue weighted by atomic mass is 10.1. The predicted molar refractivity (Wildman–Crippen MR) is 126 cm³/mol. The van der Waals surface area contributed by atoms with E-state index in [0.717, 1.165) is 16.7 Å². The van der Waals surface area contributed by atoms with Crippen LogP contribution in [-0.2, 0) is 26.0 Å². The van der Waals surface area contributed by atoms with Crippen molar-refractivity contribution in [2.24, 2.45) is 0 Å². The van der Waals surface area contributed by atoms with Crippen LogP contribution in [0.25, 0.3) is 11.1 Å². The number of nitrogens with one attached hydrogen (secondary N) is 2. The van der Waals surface area contributed by atoms with E-state index in [1.54, 1.807) is 12.1 Å². The average molecular weight is 467 g/mol. The molecule has 1 atom stereocenters. The number of benzene rings is 3. The topological polar surface area (TPSA) is 113 Å². The van der Waals surface area contributed by atoms with Gasteiger partial charge < -0.3 is 10.4 Å². The molecule has 0 bridgehead atoms. The molecule has 0 radical (unpaired) electrons. The van der Waals surface area contributed by atoms with Crippen molar-refractivity contribution >= 4 is 21.9 Å². The lowest BCUT2D eigenvalue weighted by molar-refractivity contribution is -0.139. The minimum absolute atomic E-state index is 0.0410. The van der Waals surface area contributed by atoms with Crippen LogP contribution in [0.5, 0.6) is 0 Å². The molecule has 0 aliphatic carbocycles. The zero-order valence-electron chi connectivity index (χ0n) is 18.0. The van der Waals surface area contributed by atoms with Gasteiger partial charge in [0.2, 0.25) is 15.9 Å². The third kappa shape index (κ3) is 7.27. The SMILES string of the molecule is O=C(CC[C@H](NS(=O)(=O)c1ccc(-c2ccccc2)cc1)C(=O)O)NCCc1ccccc1. The van der Waals surface area contributed by atoms with Crippen molar-refractivity contribution in [2.45, 2.75) is 30.2 Å². The van der Waals surface area contributed by atoms with E-state index in [-0.39, 0.29) is 23.6 Å². The van der Waals surface area contributed by atoms with Crippen LogP contribution in [-0.4, -0.2) is 38.0 Å². The second-order valence-electron chi connectivity index (χ2n) is 7.53. The molecule has 0 spiro atoms. The van der Waals surface area contributed by atoms with Gasteiger partial charge in [-0.25, -0.2) is 8.42 Å². The summed E-state index contributed by atoms with van der Waals surface area (Å²) in [6, 6.07) is 23.9. The summed E-state index contributed by atoms with van der Waals surface area (Å²) in [5.41, 5.74) is 2.86. The first-order chi connectivity index (χ1) is 15.8. The Balaban J connectivity index is 1.54. The highest BCUT2D eigenvalue weighted by Gasteiger charge is 2.26. The summed E-state index contributed by atoms with van der Waals surface area (Å²) in [6.07, 6.45) is 0.385. The zero-order valence-corrected chi connectivity index (χ0v) is 18.8. The lowest BCUT2D eigenvalue weighted by Gasteiger charge is -2.15. The molecular weight excluding hydrogens is 440 g/mol. The highest BCUT2D eigenvalue weighted by atomic mass is 32.2. The van der Waals surface area contributed by atoms with Gasteiger partial charge in [0, 0.05) is 13.0 Å². The molecule has 8 heteroatoms. The third-order valence-corrected chi connectivity index (χ3v) is 6.59. The molecule has 0 saturated heterocycles. The standard InChI is InChI=1S/C25H26N2O5S/c28-24(26-18-17-19-7-3-1-4-8-19)16-15-23(25(29)30)27-33(31,32)22-13-11-21(12-14-22)20-9-5-2-6-10-20/h1-14,23,27H,15-18H2,(H,26,28)(H,29,30)/t23-/m0/s1. The molecule has 7 nitrogen and oxygen atoms in total. The Kier molecular flexibility index (Phi) is 8.34. The van der Waals surface area contributed by atoms with Crippen LogP contribution in [0, 0.1) is 0 Å². The third-order valence-electron chi connectivity index (χ3n) is 5.11. The van der Waals surface area contributed by atoms with Crippen molar-refractivity contribution < 1.29 is 23.1 Å². The molecule has 0 aliphatic rings. The highest BCUT2D eigenvalue weighted by molar-refractivity contribution is 7.89. The molecule has 3 aromatic carbocycles. The van der Waals surface area contributed by atoms with Crippen molar-refractivity contribution in [3.05, 3.63) is 90.5 Å². The molecule has 1 amide bonds. The van der Waals surface area contributed by atoms with E-state index in [1.807, 2.05) is 60.7 Å². The number of carbonyl (C=O) groups excluding carboxylic acids is 1. The minimum Gasteiger partial charge on any atom is -0.480 e. The highest BCUT2D eigenvalue weighted by Crippen LogP contribution is 2.21. The van der Waals surface area contributed by atoms with E-state index in [0.29, 0.717) is 13.0 Å². The summed E-state index contributed by atoms with van der Waals surface area (Å²) in [5.74, 6) is -1.67. The van der Waals surface area contributed by atoms with E-state index in [9.17, 15) is 23.1 Å². The Morgan fingerprint density at radius 3 is 2.00 bits per heavy atom. The van der Waals surface area contributed by atoms with Crippen LogP contribution in [0.1, 0.15) is 18.4 Å². The summed E-state index contributed by atoms with van der Waals surface area (Å²) in [7, 11) is -4.07. The Morgan fingerprint density at radius 1 is 0.818 bits per heavy atom. The first-order valence-corrected chi connectivity index (χ1v) is 12.0. The fourth-order valence-corrected chi connectivity index (χ4v) is 4.52. The Bertz CT molecular complexity index is 1160. The monoisotopic (exact) mass is 466 g/mol. The number of aliphatic carboxylic acids is 1. The Hall–Kier alpha value is -3.49. The summed E-state index contributed by atoms with van der Waals surface area (Å²) in [6.45, 7) is 0.417. The van der Waals surface area contributed by atoms with Gasteiger partial charge in [0.05, 0.1) is 4.90 Å². The number of hydrogen-bond acceptors (Lipinski definition) is 4. The molecule has 0 saturated carbocycles. The number of carbonyl (C=O) groups is 2. The van der Waals surface area contributed by atoms with Crippen molar-refractivity contribution in [3.63, 3.8) is 0 Å². The van der Waals surface area contributed by atoms with Gasteiger partial charge in [-0.3, -0.25) is 9.59 Å². The minimum atomic E-state index is -4.07. The lowest BCUT2D eigenvalue weighted by Crippen LogP contribution is -2.41. The number of rotatable bonds is 11. The summed E-state index contributed by atoms with van der Waals surface area (Å²) < 4.78 is 27.6. The number of carboxylic acid groups (broad SMARTS) is 1. The van der Waals surface area contributed by atoms with Gasteiger partial charge in [0.15, 0.2) is 0 Å². The van der Waals surface area contributed by atoms with Gasteiger partial charge in [-0.15, -0.1) is 0 Å². The number of hydrogen-bond donors (Lipinski definition) is 3. The van der Waals surface area contributed by atoms with Gasteiger partial charge in [0.25, 0.3) is 0 Å². The maximum absolute atomic E-state index is 12.7. The largest absolute Gasteiger partial charge is 0.480 e. The maximum atomic E-state index is 12.7. The fourth-order valence-electron chi connectivity index (χ4n) is 3.30. The number of amides is 1. The molecule has 3 rings (SSSR count). The smallest absolute Gasteiger partial charge is 0.321 e. The number of sulfonamides is 1. The van der Waals surface area contributed by atoms with Crippen molar-refractivity contribution in [3.8, 4) is 11.1 Å². The van der Waals surface area contributed by atoms with Gasteiger partial charge in [0.1, 0.15) is 6.04 Å². The van der Waals surface area contributed by atoms with E-state index in [4.69, 9.17) is 0 Å². The van der Waals surface area contributed by atoms with Crippen LogP contribution < -0.4 is 10.0 Å². The van der Waals surface area contributed by atoms with Gasteiger partial charge in [-0.1, -0.05) is 72.8 Å². The first kappa shape index (κ1) is 24.2. The molecule has 172 valence electrons.